The summed E-state index contributed by atoms with van der Waals surface area (Å²) in [7, 11) is 1.47. The Morgan fingerprint density at radius 3 is 2.81 bits per heavy atom. The van der Waals surface area contributed by atoms with E-state index in [1.165, 1.54) is 19.4 Å². The van der Waals surface area contributed by atoms with Crippen LogP contribution in [-0.2, 0) is 19.1 Å². The molecule has 2 aromatic rings. The van der Waals surface area contributed by atoms with Crippen molar-refractivity contribution in [3.8, 4) is 11.5 Å². The molecule has 0 amide bonds. The fraction of sp³-hybridized carbons (Fsp3) is 0.211. The van der Waals surface area contributed by atoms with Crippen molar-refractivity contribution in [2.24, 2.45) is 4.99 Å². The standard InChI is InChI=1S/C19H17NO7/c1-3-24-16(21)11-26-17-12(6-4-7-14(17)23-2)10-13-19(22)27-18(20-13)15-8-5-9-25-15/h4-10H,3,11H2,1-2H3/b13-10+. The summed E-state index contributed by atoms with van der Waals surface area (Å²) in [6.07, 6.45) is 2.94. The van der Waals surface area contributed by atoms with Crippen molar-refractivity contribution in [1.82, 2.24) is 0 Å². The molecule has 27 heavy (non-hydrogen) atoms. The minimum absolute atomic E-state index is 0.0654. The summed E-state index contributed by atoms with van der Waals surface area (Å²) < 4.78 is 26.0. The monoisotopic (exact) mass is 371 g/mol. The van der Waals surface area contributed by atoms with Crippen LogP contribution in [0.3, 0.4) is 0 Å². The van der Waals surface area contributed by atoms with Crippen LogP contribution in [0, 0.1) is 0 Å². The lowest BCUT2D eigenvalue weighted by molar-refractivity contribution is -0.145. The molecule has 0 atom stereocenters. The number of methoxy groups -OCH3 is 1. The Balaban J connectivity index is 1.90. The minimum atomic E-state index is -0.624. The van der Waals surface area contributed by atoms with E-state index in [4.69, 9.17) is 23.4 Å². The lowest BCUT2D eigenvalue weighted by atomic mass is 10.1. The molecule has 0 saturated heterocycles. The summed E-state index contributed by atoms with van der Waals surface area (Å²) in [4.78, 5) is 27.8. The molecule has 1 aromatic carbocycles. The summed E-state index contributed by atoms with van der Waals surface area (Å²) in [5, 5.41) is 0. The summed E-state index contributed by atoms with van der Waals surface area (Å²) in [5.74, 6) is -0.0319. The van der Waals surface area contributed by atoms with E-state index in [1.807, 2.05) is 0 Å². The summed E-state index contributed by atoms with van der Waals surface area (Å²) >= 11 is 0. The quantitative estimate of drug-likeness (QED) is 0.545. The number of carbonyl (C=O) groups is 2. The largest absolute Gasteiger partial charge is 0.493 e. The van der Waals surface area contributed by atoms with E-state index in [2.05, 4.69) is 4.99 Å². The first kappa shape index (κ1) is 18.2. The van der Waals surface area contributed by atoms with Crippen molar-refractivity contribution in [3.63, 3.8) is 0 Å². The summed E-state index contributed by atoms with van der Waals surface area (Å²) in [6, 6.07) is 8.39. The van der Waals surface area contributed by atoms with Crippen LogP contribution < -0.4 is 9.47 Å². The lowest BCUT2D eigenvalue weighted by Crippen LogP contribution is -2.15. The molecule has 0 unspecified atom stereocenters. The Labute approximate surface area is 155 Å². The highest BCUT2D eigenvalue weighted by Crippen LogP contribution is 2.33. The molecule has 2 heterocycles. The van der Waals surface area contributed by atoms with Gasteiger partial charge in [-0.05, 0) is 31.2 Å². The lowest BCUT2D eigenvalue weighted by Gasteiger charge is -2.12. The van der Waals surface area contributed by atoms with Gasteiger partial charge in [-0.15, -0.1) is 0 Å². The second kappa shape index (κ2) is 8.22. The van der Waals surface area contributed by atoms with Crippen molar-refractivity contribution in [2.45, 2.75) is 6.92 Å². The molecule has 0 spiro atoms. The third-order valence-electron chi connectivity index (χ3n) is 3.51. The molecule has 0 fully saturated rings. The Kier molecular flexibility index (Phi) is 5.55. The number of carbonyl (C=O) groups excluding carboxylic acids is 2. The number of nitrogens with zero attached hydrogens (tertiary/aromatic N) is 1. The summed E-state index contributed by atoms with van der Waals surface area (Å²) in [5.41, 5.74) is 0.561. The number of furan rings is 1. The first-order chi connectivity index (χ1) is 13.1. The molecule has 140 valence electrons. The van der Waals surface area contributed by atoms with Crippen molar-refractivity contribution in [1.29, 1.82) is 0 Å². The first-order valence-electron chi connectivity index (χ1n) is 8.14. The highest BCUT2D eigenvalue weighted by molar-refractivity contribution is 6.12. The molecule has 1 aliphatic heterocycles. The van der Waals surface area contributed by atoms with E-state index in [0.29, 0.717) is 17.1 Å². The van der Waals surface area contributed by atoms with E-state index in [1.54, 1.807) is 37.3 Å². The van der Waals surface area contributed by atoms with Gasteiger partial charge in [0.15, 0.2) is 29.6 Å². The van der Waals surface area contributed by atoms with Crippen LogP contribution >= 0.6 is 0 Å². The van der Waals surface area contributed by atoms with Gasteiger partial charge in [0.05, 0.1) is 20.0 Å². The molecular weight excluding hydrogens is 354 g/mol. The number of para-hydroxylation sites is 1. The maximum atomic E-state index is 12.1. The van der Waals surface area contributed by atoms with Crippen molar-refractivity contribution in [2.75, 3.05) is 20.3 Å². The Hall–Kier alpha value is -3.55. The molecule has 0 aliphatic carbocycles. The maximum absolute atomic E-state index is 12.1. The fourth-order valence-corrected chi connectivity index (χ4v) is 2.36. The number of benzene rings is 1. The SMILES string of the molecule is CCOC(=O)COc1c(/C=C2/N=C(c3ccco3)OC2=O)cccc1OC. The molecule has 3 rings (SSSR count). The minimum Gasteiger partial charge on any atom is -0.493 e. The number of ether oxygens (including phenoxy) is 4. The highest BCUT2D eigenvalue weighted by Gasteiger charge is 2.26. The van der Waals surface area contributed by atoms with Crippen LogP contribution in [0.4, 0.5) is 0 Å². The van der Waals surface area contributed by atoms with Gasteiger partial charge >= 0.3 is 11.9 Å². The molecular formula is C19H17NO7. The van der Waals surface area contributed by atoms with Gasteiger partial charge < -0.3 is 23.4 Å². The first-order valence-corrected chi connectivity index (χ1v) is 8.14. The number of esters is 2. The molecule has 0 bridgehead atoms. The molecule has 1 aliphatic rings. The molecule has 8 heteroatoms. The van der Waals surface area contributed by atoms with Crippen molar-refractivity contribution < 1.29 is 33.0 Å². The zero-order valence-corrected chi connectivity index (χ0v) is 14.8. The number of rotatable bonds is 7. The van der Waals surface area contributed by atoms with Crippen LogP contribution in [0.5, 0.6) is 11.5 Å². The average Bonchev–Trinajstić information content (AvgIpc) is 3.31. The van der Waals surface area contributed by atoms with Crippen LogP contribution in [0.25, 0.3) is 6.08 Å². The van der Waals surface area contributed by atoms with Crippen molar-refractivity contribution in [3.05, 3.63) is 53.6 Å². The second-order valence-electron chi connectivity index (χ2n) is 5.29. The number of hydrogen-bond acceptors (Lipinski definition) is 8. The third kappa shape index (κ3) is 4.17. The zero-order chi connectivity index (χ0) is 19.2. The second-order valence-corrected chi connectivity index (χ2v) is 5.29. The van der Waals surface area contributed by atoms with Crippen LogP contribution in [-0.4, -0.2) is 38.2 Å². The predicted molar refractivity (Wildman–Crippen MR) is 94.4 cm³/mol. The zero-order valence-electron chi connectivity index (χ0n) is 14.8. The Bertz CT molecular complexity index is 897. The molecule has 8 nitrogen and oxygen atoms in total. The number of aliphatic imine (C=N–C) groups is 1. The summed E-state index contributed by atoms with van der Waals surface area (Å²) in [6.45, 7) is 1.66. The molecule has 1 aromatic heterocycles. The average molecular weight is 371 g/mol. The van der Waals surface area contributed by atoms with Crippen LogP contribution in [0.1, 0.15) is 18.2 Å². The topological polar surface area (TPSA) is 96.6 Å². The highest BCUT2D eigenvalue weighted by atomic mass is 16.6. The van der Waals surface area contributed by atoms with Gasteiger partial charge in [0.2, 0.25) is 0 Å². The maximum Gasteiger partial charge on any atom is 0.363 e. The van der Waals surface area contributed by atoms with Crippen LogP contribution in [0.2, 0.25) is 0 Å². The van der Waals surface area contributed by atoms with Gasteiger partial charge in [0.1, 0.15) is 0 Å². The van der Waals surface area contributed by atoms with Gasteiger partial charge in [-0.2, -0.15) is 0 Å². The van der Waals surface area contributed by atoms with E-state index < -0.39 is 11.9 Å². The normalized spacial score (nSPS) is 14.7. The smallest absolute Gasteiger partial charge is 0.363 e. The van der Waals surface area contributed by atoms with Gasteiger partial charge in [-0.1, -0.05) is 12.1 Å². The Morgan fingerprint density at radius 2 is 2.11 bits per heavy atom. The number of hydrogen-bond donors (Lipinski definition) is 0. The van der Waals surface area contributed by atoms with Gasteiger partial charge in [-0.3, -0.25) is 0 Å². The van der Waals surface area contributed by atoms with E-state index in [-0.39, 0.29) is 30.6 Å². The Morgan fingerprint density at radius 1 is 1.26 bits per heavy atom. The molecule has 0 saturated carbocycles. The van der Waals surface area contributed by atoms with Gasteiger partial charge in [0, 0.05) is 5.56 Å². The van der Waals surface area contributed by atoms with E-state index >= 15 is 0 Å². The van der Waals surface area contributed by atoms with Crippen molar-refractivity contribution >= 4 is 23.9 Å². The van der Waals surface area contributed by atoms with Gasteiger partial charge in [0.25, 0.3) is 5.90 Å². The predicted octanol–water partition coefficient (Wildman–Crippen LogP) is 2.57. The van der Waals surface area contributed by atoms with E-state index in [9.17, 15) is 9.59 Å². The van der Waals surface area contributed by atoms with E-state index in [0.717, 1.165) is 0 Å². The van der Waals surface area contributed by atoms with Gasteiger partial charge in [-0.25, -0.2) is 14.6 Å². The molecule has 0 radical (unpaired) electrons. The third-order valence-corrected chi connectivity index (χ3v) is 3.51. The fourth-order valence-electron chi connectivity index (χ4n) is 2.36. The molecule has 0 N–H and O–H groups in total. The van der Waals surface area contributed by atoms with Crippen LogP contribution in [0.15, 0.2) is 51.7 Å². The number of cyclic esters (lactones) is 1.